The van der Waals surface area contributed by atoms with Crippen molar-refractivity contribution in [2.24, 2.45) is 0 Å². The Morgan fingerprint density at radius 2 is 1.66 bits per heavy atom. The maximum absolute atomic E-state index is 14.6. The average Bonchev–Trinajstić information content (AvgIpc) is 2.74. The van der Waals surface area contributed by atoms with Crippen LogP contribution in [0.5, 0.6) is 0 Å². The van der Waals surface area contributed by atoms with Crippen LogP contribution in [0.3, 0.4) is 0 Å². The van der Waals surface area contributed by atoms with E-state index < -0.39 is 10.4 Å². The van der Waals surface area contributed by atoms with Crippen molar-refractivity contribution in [3.05, 3.63) is 107 Å². The highest BCUT2D eigenvalue weighted by molar-refractivity contribution is 8.28. The van der Waals surface area contributed by atoms with Gasteiger partial charge in [-0.2, -0.15) is 3.89 Å². The van der Waals surface area contributed by atoms with Crippen LogP contribution in [0, 0.1) is 0 Å². The molecule has 1 rings (SSSR count). The van der Waals surface area contributed by atoms with Gasteiger partial charge in [0.15, 0.2) is 0 Å². The molecule has 0 heterocycles. The Balaban J connectivity index is 2.79. The van der Waals surface area contributed by atoms with E-state index in [0.717, 1.165) is 60.1 Å². The third-order valence-corrected chi connectivity index (χ3v) is 6.82. The molecule has 1 aliphatic rings. The Morgan fingerprint density at radius 1 is 1.00 bits per heavy atom. The van der Waals surface area contributed by atoms with Crippen LogP contribution in [0.15, 0.2) is 107 Å². The van der Waals surface area contributed by atoms with Gasteiger partial charge in [0.05, 0.1) is 6.04 Å². The number of halogens is 1. The summed E-state index contributed by atoms with van der Waals surface area (Å²) in [4.78, 5) is 0. The lowest BCUT2D eigenvalue weighted by molar-refractivity contribution is 0.615. The lowest BCUT2D eigenvalue weighted by Gasteiger charge is -2.23. The molecule has 0 saturated heterocycles. The number of nitrogens with one attached hydrogen (secondary N) is 1. The fourth-order valence-corrected chi connectivity index (χ4v) is 4.79. The summed E-state index contributed by atoms with van der Waals surface area (Å²) in [5.41, 5.74) is 9.10. The zero-order valence-corrected chi connectivity index (χ0v) is 24.1. The van der Waals surface area contributed by atoms with E-state index in [1.54, 1.807) is 12.5 Å². The second-order valence-corrected chi connectivity index (χ2v) is 13.6. The van der Waals surface area contributed by atoms with Gasteiger partial charge in [-0.15, -0.1) is 0 Å². The number of hydrogen-bond donors (Lipinski definition) is 1. The lowest BCUT2D eigenvalue weighted by atomic mass is 9.96. The first-order valence-corrected chi connectivity index (χ1v) is 15.0. The Kier molecular flexibility index (Phi) is 13.2. The van der Waals surface area contributed by atoms with Crippen molar-refractivity contribution in [1.29, 1.82) is 0 Å². The minimum absolute atomic E-state index is 0.184. The second kappa shape index (κ2) is 15.0. The van der Waals surface area contributed by atoms with Crippen molar-refractivity contribution in [2.45, 2.75) is 72.8 Å². The van der Waals surface area contributed by atoms with Crippen LogP contribution >= 0.6 is 10.4 Å². The van der Waals surface area contributed by atoms with E-state index in [4.69, 9.17) is 0 Å². The molecule has 0 aromatic heterocycles. The molecule has 0 fully saturated rings. The van der Waals surface area contributed by atoms with Gasteiger partial charge in [0.25, 0.3) is 0 Å². The van der Waals surface area contributed by atoms with Crippen LogP contribution in [0.4, 0.5) is 3.89 Å². The largest absolute Gasteiger partial charge is 0.382 e. The topological polar surface area (TPSA) is 12.0 Å². The van der Waals surface area contributed by atoms with Crippen molar-refractivity contribution in [2.75, 3.05) is 18.3 Å². The highest BCUT2D eigenvalue weighted by Gasteiger charge is 2.13. The van der Waals surface area contributed by atoms with Crippen LogP contribution < -0.4 is 5.32 Å². The van der Waals surface area contributed by atoms with Gasteiger partial charge in [-0.25, -0.2) is 0 Å². The molecule has 0 radical (unpaired) electrons. The first-order valence-electron chi connectivity index (χ1n) is 12.5. The molecular formula is C32H48FNS. The van der Waals surface area contributed by atoms with E-state index in [1.165, 1.54) is 16.7 Å². The van der Waals surface area contributed by atoms with E-state index in [0.29, 0.717) is 5.75 Å². The van der Waals surface area contributed by atoms with E-state index in [9.17, 15) is 3.89 Å². The molecule has 0 aromatic rings. The van der Waals surface area contributed by atoms with Gasteiger partial charge in [-0.1, -0.05) is 89.4 Å². The average molecular weight is 498 g/mol. The van der Waals surface area contributed by atoms with Gasteiger partial charge in [-0.3, -0.25) is 0 Å². The molecule has 0 amide bonds. The van der Waals surface area contributed by atoms with Crippen LogP contribution in [-0.2, 0) is 0 Å². The fraction of sp³-hybridized carbons (Fsp3) is 0.438. The van der Waals surface area contributed by atoms with Crippen molar-refractivity contribution in [3.63, 3.8) is 0 Å². The first-order chi connectivity index (χ1) is 16.3. The summed E-state index contributed by atoms with van der Waals surface area (Å²) in [5.74, 6) is 0.440. The molecule has 1 nitrogen and oxygen atoms in total. The van der Waals surface area contributed by atoms with Crippen molar-refractivity contribution in [1.82, 2.24) is 5.32 Å². The van der Waals surface area contributed by atoms with E-state index in [2.05, 4.69) is 90.1 Å². The van der Waals surface area contributed by atoms with Crippen molar-refractivity contribution in [3.8, 4) is 0 Å². The van der Waals surface area contributed by atoms with E-state index >= 15 is 0 Å². The Hall–Kier alpha value is -2.26. The van der Waals surface area contributed by atoms with Gasteiger partial charge in [0.1, 0.15) is 0 Å². The van der Waals surface area contributed by atoms with E-state index in [-0.39, 0.29) is 6.04 Å². The smallest absolute Gasteiger partial charge is 0.0505 e. The third-order valence-electron chi connectivity index (χ3n) is 5.80. The first kappa shape index (κ1) is 30.8. The zero-order chi connectivity index (χ0) is 26.6. The van der Waals surface area contributed by atoms with Crippen LogP contribution in [0.2, 0.25) is 0 Å². The molecule has 1 aliphatic carbocycles. The predicted octanol–water partition coefficient (Wildman–Crippen LogP) is 9.77. The SMILES string of the molecule is C=C(\C=C/C(=C/C(C)=C(\C)C=C(C)C)CS(C)(C)F)CCC(=C)NC(CC1=CCCC=C1)C(=C)C. The van der Waals surface area contributed by atoms with Gasteiger partial charge >= 0.3 is 0 Å². The minimum Gasteiger partial charge on any atom is -0.382 e. The summed E-state index contributed by atoms with van der Waals surface area (Å²) in [6.07, 6.45) is 23.3. The van der Waals surface area contributed by atoms with Crippen LogP contribution in [-0.4, -0.2) is 24.3 Å². The fourth-order valence-electron chi connectivity index (χ4n) is 3.81. The van der Waals surface area contributed by atoms with Crippen LogP contribution in [0.25, 0.3) is 0 Å². The quantitative estimate of drug-likeness (QED) is 0.186. The molecule has 0 bridgehead atoms. The van der Waals surface area contributed by atoms with Crippen LogP contribution in [0.1, 0.15) is 66.7 Å². The predicted molar refractivity (Wildman–Crippen MR) is 161 cm³/mol. The molecule has 0 saturated carbocycles. The molecule has 0 aliphatic heterocycles. The van der Waals surface area contributed by atoms with Crippen molar-refractivity contribution < 1.29 is 3.89 Å². The lowest BCUT2D eigenvalue weighted by Crippen LogP contribution is -2.29. The third kappa shape index (κ3) is 14.0. The van der Waals surface area contributed by atoms with Gasteiger partial charge in [-0.05, 0) is 102 Å². The standard InChI is InChI=1S/C32H48FNS/c1-24(2)20-27(6)28(7)21-31(23-35(9,10)33)19-17-26(5)16-18-29(8)34-32(25(3)4)22-30-14-12-11-13-15-30/h12,14-15,17,19-21,32,34H,3,5,8,11,13,16,18,22-23H2,1-2,4,6-7,9-10H3/b19-17-,28-27+,31-21-. The Morgan fingerprint density at radius 3 is 2.20 bits per heavy atom. The molecule has 0 aromatic carbocycles. The zero-order valence-electron chi connectivity index (χ0n) is 23.3. The van der Waals surface area contributed by atoms with Gasteiger partial charge in [0.2, 0.25) is 0 Å². The molecule has 3 heteroatoms. The molecule has 1 unspecified atom stereocenters. The summed E-state index contributed by atoms with van der Waals surface area (Å²) < 4.78 is 14.6. The summed E-state index contributed by atoms with van der Waals surface area (Å²) in [6.45, 7) is 23.1. The molecule has 35 heavy (non-hydrogen) atoms. The molecule has 1 N–H and O–H groups in total. The minimum atomic E-state index is -2.15. The Labute approximate surface area is 217 Å². The number of rotatable bonds is 14. The maximum atomic E-state index is 14.6. The normalized spacial score (nSPS) is 16.3. The molecule has 1 atom stereocenters. The highest BCUT2D eigenvalue weighted by Crippen LogP contribution is 2.43. The second-order valence-electron chi connectivity index (χ2n) is 10.5. The van der Waals surface area contributed by atoms with Crippen molar-refractivity contribution >= 4 is 10.4 Å². The van der Waals surface area contributed by atoms with Gasteiger partial charge < -0.3 is 5.32 Å². The number of hydrogen-bond acceptors (Lipinski definition) is 1. The molecular weight excluding hydrogens is 449 g/mol. The summed E-state index contributed by atoms with van der Waals surface area (Å²) >= 11 is 0. The maximum Gasteiger partial charge on any atom is 0.0505 e. The highest BCUT2D eigenvalue weighted by atomic mass is 32.3. The molecule has 194 valence electrons. The Bertz CT molecular complexity index is 956. The summed E-state index contributed by atoms with van der Waals surface area (Å²) in [6, 6.07) is 0.184. The van der Waals surface area contributed by atoms with Gasteiger partial charge in [0, 0.05) is 11.4 Å². The summed E-state index contributed by atoms with van der Waals surface area (Å²) in [5, 5.41) is 3.57. The van der Waals surface area contributed by atoms with E-state index in [1.807, 2.05) is 12.2 Å². The molecule has 0 spiro atoms. The number of allylic oxidation sites excluding steroid dienone is 12. The summed E-state index contributed by atoms with van der Waals surface area (Å²) in [7, 11) is -2.15. The monoisotopic (exact) mass is 497 g/mol.